The zero-order valence-corrected chi connectivity index (χ0v) is 10.0. The summed E-state index contributed by atoms with van der Waals surface area (Å²) in [6.45, 7) is 0. The Kier molecular flexibility index (Phi) is 3.58. The van der Waals surface area contributed by atoms with Gasteiger partial charge in [0.05, 0.1) is 5.69 Å². The molecule has 0 bridgehead atoms. The Morgan fingerprint density at radius 3 is 2.41 bits per heavy atom. The van der Waals surface area contributed by atoms with Crippen molar-refractivity contribution in [2.45, 2.75) is 4.90 Å². The summed E-state index contributed by atoms with van der Waals surface area (Å²) in [4.78, 5) is 1.21. The molecule has 0 aliphatic carbocycles. The molecule has 0 saturated heterocycles. The topological polar surface area (TPSA) is 61.6 Å². The first-order valence-corrected chi connectivity index (χ1v) is 6.19. The van der Waals surface area contributed by atoms with E-state index >= 15 is 0 Å². The summed E-state index contributed by atoms with van der Waals surface area (Å²) in [5.41, 5.74) is 1.81. The number of nitriles is 1. The van der Waals surface area contributed by atoms with E-state index in [0.717, 1.165) is 11.3 Å². The third-order valence-corrected chi connectivity index (χ3v) is 2.98. The molecule has 2 rings (SSSR count). The van der Waals surface area contributed by atoms with E-state index in [4.69, 9.17) is 5.26 Å². The number of benzene rings is 1. The van der Waals surface area contributed by atoms with Gasteiger partial charge in [0, 0.05) is 10.5 Å². The molecule has 0 radical (unpaired) electrons. The lowest BCUT2D eigenvalue weighted by molar-refractivity contribution is 1.04. The minimum atomic E-state index is 0.456. The highest BCUT2D eigenvalue weighted by Gasteiger charge is 2.00. The second-order valence-electron chi connectivity index (χ2n) is 3.27. The van der Waals surface area contributed by atoms with Gasteiger partial charge in [0.2, 0.25) is 0 Å². The van der Waals surface area contributed by atoms with E-state index in [1.165, 1.54) is 4.90 Å². The van der Waals surface area contributed by atoms with Crippen LogP contribution in [0, 0.1) is 11.5 Å². The quantitative estimate of drug-likeness (QED) is 0.509. The predicted molar refractivity (Wildman–Crippen MR) is 68.5 cm³/mol. The number of aromatic nitrogens is 2. The van der Waals surface area contributed by atoms with Gasteiger partial charge in [-0.2, -0.15) is 5.26 Å². The fourth-order valence-electron chi connectivity index (χ4n) is 1.37. The molecule has 0 aliphatic heterocycles. The average molecular weight is 242 g/mol. The molecule has 0 spiro atoms. The lowest BCUT2D eigenvalue weighted by atomic mass is 10.1. The molecular formula is C12H10N4S. The van der Waals surface area contributed by atoms with Gasteiger partial charge in [0.25, 0.3) is 0 Å². The largest absolute Gasteiger partial charge is 0.275 e. The summed E-state index contributed by atoms with van der Waals surface area (Å²) in [5, 5.41) is 18.8. The Bertz CT molecular complexity index is 528. The molecule has 0 amide bonds. The SMILES string of the molecule is CSc1ccc(-c2ccc(NC#N)nn2)cc1. The van der Waals surface area contributed by atoms with Crippen LogP contribution in [0.3, 0.4) is 0 Å². The van der Waals surface area contributed by atoms with Crippen molar-refractivity contribution in [3.63, 3.8) is 0 Å². The third-order valence-electron chi connectivity index (χ3n) is 2.23. The summed E-state index contributed by atoms with van der Waals surface area (Å²) in [5.74, 6) is 0.456. The zero-order chi connectivity index (χ0) is 12.1. The molecule has 0 fully saturated rings. The van der Waals surface area contributed by atoms with Gasteiger partial charge < -0.3 is 0 Å². The molecule has 84 valence electrons. The number of thioether (sulfide) groups is 1. The maximum Gasteiger partial charge on any atom is 0.182 e. The van der Waals surface area contributed by atoms with Gasteiger partial charge in [-0.25, -0.2) is 0 Å². The van der Waals surface area contributed by atoms with Crippen molar-refractivity contribution in [3.8, 4) is 17.5 Å². The van der Waals surface area contributed by atoms with Crippen LogP contribution in [-0.2, 0) is 0 Å². The fourth-order valence-corrected chi connectivity index (χ4v) is 1.78. The second kappa shape index (κ2) is 5.32. The van der Waals surface area contributed by atoms with E-state index in [-0.39, 0.29) is 0 Å². The van der Waals surface area contributed by atoms with E-state index in [9.17, 15) is 0 Å². The first kappa shape index (κ1) is 11.4. The summed E-state index contributed by atoms with van der Waals surface area (Å²) in [6.07, 6.45) is 3.84. The van der Waals surface area contributed by atoms with Crippen LogP contribution in [0.15, 0.2) is 41.3 Å². The number of anilines is 1. The maximum absolute atomic E-state index is 8.43. The van der Waals surface area contributed by atoms with Crippen molar-refractivity contribution >= 4 is 17.6 Å². The Hall–Kier alpha value is -2.06. The highest BCUT2D eigenvalue weighted by atomic mass is 32.2. The molecule has 0 aliphatic rings. The van der Waals surface area contributed by atoms with Gasteiger partial charge in [-0.1, -0.05) is 12.1 Å². The number of rotatable bonds is 3. The standard InChI is InChI=1S/C12H10N4S/c1-17-10-4-2-9(3-5-10)11-6-7-12(14-8-13)16-15-11/h2-7H,1H3,(H,14,16). The van der Waals surface area contributed by atoms with Crippen molar-refractivity contribution in [2.75, 3.05) is 11.6 Å². The van der Waals surface area contributed by atoms with Crippen molar-refractivity contribution in [1.82, 2.24) is 10.2 Å². The van der Waals surface area contributed by atoms with E-state index < -0.39 is 0 Å². The van der Waals surface area contributed by atoms with E-state index in [1.54, 1.807) is 24.0 Å². The molecule has 5 heteroatoms. The zero-order valence-electron chi connectivity index (χ0n) is 9.21. The van der Waals surface area contributed by atoms with Crippen LogP contribution in [0.5, 0.6) is 0 Å². The van der Waals surface area contributed by atoms with E-state index in [1.807, 2.05) is 36.6 Å². The molecule has 17 heavy (non-hydrogen) atoms. The Morgan fingerprint density at radius 2 is 1.88 bits per heavy atom. The van der Waals surface area contributed by atoms with Crippen LogP contribution in [0.4, 0.5) is 5.82 Å². The Morgan fingerprint density at radius 1 is 1.12 bits per heavy atom. The summed E-state index contributed by atoms with van der Waals surface area (Å²) < 4.78 is 0. The van der Waals surface area contributed by atoms with Crippen LogP contribution in [-0.4, -0.2) is 16.5 Å². The van der Waals surface area contributed by atoms with Crippen molar-refractivity contribution in [1.29, 1.82) is 5.26 Å². The Labute approximate surface area is 104 Å². The van der Waals surface area contributed by atoms with E-state index in [0.29, 0.717) is 5.82 Å². The Balaban J connectivity index is 2.24. The number of nitrogens with one attached hydrogen (secondary N) is 1. The van der Waals surface area contributed by atoms with Crippen LogP contribution in [0.1, 0.15) is 0 Å². The maximum atomic E-state index is 8.43. The normalized spacial score (nSPS) is 9.65. The molecule has 1 N–H and O–H groups in total. The third kappa shape index (κ3) is 2.74. The van der Waals surface area contributed by atoms with Gasteiger partial charge >= 0.3 is 0 Å². The molecule has 1 aromatic heterocycles. The summed E-state index contributed by atoms with van der Waals surface area (Å²) >= 11 is 1.70. The minimum absolute atomic E-state index is 0.456. The van der Waals surface area contributed by atoms with Gasteiger partial charge in [-0.3, -0.25) is 5.32 Å². The summed E-state index contributed by atoms with van der Waals surface area (Å²) in [6, 6.07) is 11.7. The van der Waals surface area contributed by atoms with Gasteiger partial charge in [0.15, 0.2) is 12.0 Å². The first-order chi connectivity index (χ1) is 8.33. The molecule has 4 nitrogen and oxygen atoms in total. The van der Waals surface area contributed by atoms with Gasteiger partial charge in [0.1, 0.15) is 0 Å². The predicted octanol–water partition coefficient (Wildman–Crippen LogP) is 2.76. The monoisotopic (exact) mass is 242 g/mol. The lowest BCUT2D eigenvalue weighted by Crippen LogP contribution is -1.94. The van der Waals surface area contributed by atoms with Crippen molar-refractivity contribution in [3.05, 3.63) is 36.4 Å². The first-order valence-electron chi connectivity index (χ1n) is 4.97. The molecule has 2 aromatic rings. The minimum Gasteiger partial charge on any atom is -0.275 e. The number of nitrogens with zero attached hydrogens (tertiary/aromatic N) is 3. The molecule has 1 heterocycles. The van der Waals surface area contributed by atoms with Gasteiger partial charge in [-0.15, -0.1) is 22.0 Å². The smallest absolute Gasteiger partial charge is 0.182 e. The van der Waals surface area contributed by atoms with E-state index in [2.05, 4.69) is 15.5 Å². The van der Waals surface area contributed by atoms with Crippen LogP contribution >= 0.6 is 11.8 Å². The van der Waals surface area contributed by atoms with Crippen LogP contribution < -0.4 is 5.32 Å². The highest BCUT2D eigenvalue weighted by Crippen LogP contribution is 2.21. The van der Waals surface area contributed by atoms with Crippen molar-refractivity contribution in [2.24, 2.45) is 0 Å². The summed E-state index contributed by atoms with van der Waals surface area (Å²) in [7, 11) is 0. The van der Waals surface area contributed by atoms with Crippen molar-refractivity contribution < 1.29 is 0 Å². The van der Waals surface area contributed by atoms with Crippen LogP contribution in [0.2, 0.25) is 0 Å². The molecular weight excluding hydrogens is 232 g/mol. The number of hydrogen-bond donors (Lipinski definition) is 1. The van der Waals surface area contributed by atoms with Crippen LogP contribution in [0.25, 0.3) is 11.3 Å². The number of hydrogen-bond acceptors (Lipinski definition) is 5. The lowest BCUT2D eigenvalue weighted by Gasteiger charge is -2.02. The average Bonchev–Trinajstić information content (AvgIpc) is 2.40. The molecule has 0 atom stereocenters. The molecule has 0 saturated carbocycles. The molecule has 0 unspecified atom stereocenters. The fraction of sp³-hybridized carbons (Fsp3) is 0.0833. The second-order valence-corrected chi connectivity index (χ2v) is 4.15. The van der Waals surface area contributed by atoms with Gasteiger partial charge in [-0.05, 0) is 30.5 Å². The highest BCUT2D eigenvalue weighted by molar-refractivity contribution is 7.98. The molecule has 1 aromatic carbocycles.